The number of nitrogens with zero attached hydrogens (tertiary/aromatic N) is 2. The van der Waals surface area contributed by atoms with Gasteiger partial charge in [-0.25, -0.2) is 12.7 Å². The molecule has 3 aliphatic rings. The van der Waals surface area contributed by atoms with Crippen molar-refractivity contribution < 1.29 is 18.0 Å². The second-order valence-corrected chi connectivity index (χ2v) is 10.2. The molecule has 148 valence electrons. The van der Waals surface area contributed by atoms with Gasteiger partial charge in [-0.15, -0.1) is 0 Å². The Morgan fingerprint density at radius 1 is 1.31 bits per heavy atom. The average molecular weight is 386 g/mol. The van der Waals surface area contributed by atoms with E-state index < -0.39 is 22.0 Å². The number of hydrogen-bond donors (Lipinski definition) is 1. The number of piperidine rings is 1. The molecule has 4 atom stereocenters. The number of fused-ring (bicyclic) bond motifs is 1. The molecule has 3 fully saturated rings. The lowest BCUT2D eigenvalue weighted by Gasteiger charge is -2.30. The highest BCUT2D eigenvalue weighted by Gasteiger charge is 2.58. The van der Waals surface area contributed by atoms with Gasteiger partial charge in [-0.2, -0.15) is 0 Å². The van der Waals surface area contributed by atoms with Crippen molar-refractivity contribution in [3.63, 3.8) is 0 Å². The highest BCUT2D eigenvalue weighted by molar-refractivity contribution is 7.88. The molecule has 26 heavy (non-hydrogen) atoms. The Morgan fingerprint density at radius 2 is 2.04 bits per heavy atom. The molecule has 7 nitrogen and oxygen atoms in total. The summed E-state index contributed by atoms with van der Waals surface area (Å²) >= 11 is 0. The SMILES string of the molecule is CC(C)[C@H]1C(=O)N(S(C)(=O)=O)[C@H]2CCN(C(=O)CCC3CCCNC3)[C@H]12. The van der Waals surface area contributed by atoms with E-state index in [1.165, 1.54) is 0 Å². The van der Waals surface area contributed by atoms with Crippen molar-refractivity contribution in [2.24, 2.45) is 17.8 Å². The molecule has 0 bridgehead atoms. The van der Waals surface area contributed by atoms with Crippen LogP contribution in [0.5, 0.6) is 0 Å². The maximum absolute atomic E-state index is 12.9. The van der Waals surface area contributed by atoms with Gasteiger partial charge in [0, 0.05) is 13.0 Å². The zero-order valence-electron chi connectivity index (χ0n) is 16.0. The van der Waals surface area contributed by atoms with E-state index in [2.05, 4.69) is 5.32 Å². The minimum absolute atomic E-state index is 0.00213. The van der Waals surface area contributed by atoms with Crippen LogP contribution in [-0.4, -0.2) is 67.4 Å². The Balaban J connectivity index is 1.73. The first kappa shape index (κ1) is 19.6. The van der Waals surface area contributed by atoms with Crippen LogP contribution in [0.15, 0.2) is 0 Å². The molecule has 1 N–H and O–H groups in total. The largest absolute Gasteiger partial charge is 0.337 e. The zero-order chi connectivity index (χ0) is 19.1. The van der Waals surface area contributed by atoms with Crippen LogP contribution in [0, 0.1) is 17.8 Å². The maximum Gasteiger partial charge on any atom is 0.241 e. The summed E-state index contributed by atoms with van der Waals surface area (Å²) < 4.78 is 25.4. The zero-order valence-corrected chi connectivity index (χ0v) is 16.8. The van der Waals surface area contributed by atoms with Gasteiger partial charge in [0.2, 0.25) is 21.8 Å². The summed E-state index contributed by atoms with van der Waals surface area (Å²) in [7, 11) is -3.61. The second-order valence-electron chi connectivity index (χ2n) is 8.35. The molecule has 2 amide bonds. The lowest BCUT2D eigenvalue weighted by Crippen LogP contribution is -2.44. The van der Waals surface area contributed by atoms with Crippen molar-refractivity contribution in [3.8, 4) is 0 Å². The quantitative estimate of drug-likeness (QED) is 0.757. The van der Waals surface area contributed by atoms with Crippen molar-refractivity contribution >= 4 is 21.8 Å². The molecule has 0 aliphatic carbocycles. The third-order valence-electron chi connectivity index (χ3n) is 6.15. The van der Waals surface area contributed by atoms with Crippen molar-refractivity contribution in [1.82, 2.24) is 14.5 Å². The van der Waals surface area contributed by atoms with Crippen molar-refractivity contribution in [3.05, 3.63) is 0 Å². The fraction of sp³-hybridized carbons (Fsp3) is 0.889. The summed E-state index contributed by atoms with van der Waals surface area (Å²) in [5, 5.41) is 3.37. The maximum atomic E-state index is 12.9. The molecule has 0 radical (unpaired) electrons. The van der Waals surface area contributed by atoms with Gasteiger partial charge in [-0.05, 0) is 50.6 Å². The Labute approximate surface area is 156 Å². The van der Waals surface area contributed by atoms with Crippen LogP contribution < -0.4 is 5.32 Å². The van der Waals surface area contributed by atoms with Gasteiger partial charge >= 0.3 is 0 Å². The Morgan fingerprint density at radius 3 is 2.62 bits per heavy atom. The molecule has 3 saturated heterocycles. The van der Waals surface area contributed by atoms with E-state index in [-0.39, 0.29) is 23.8 Å². The summed E-state index contributed by atoms with van der Waals surface area (Å²) in [6.45, 7) is 6.42. The first-order valence-corrected chi connectivity index (χ1v) is 11.6. The van der Waals surface area contributed by atoms with Crippen LogP contribution in [0.1, 0.15) is 46.0 Å². The van der Waals surface area contributed by atoms with Crippen LogP contribution >= 0.6 is 0 Å². The summed E-state index contributed by atoms with van der Waals surface area (Å²) in [6.07, 6.45) is 5.28. The molecule has 0 aromatic rings. The monoisotopic (exact) mass is 385 g/mol. The molecular weight excluding hydrogens is 354 g/mol. The number of sulfonamides is 1. The van der Waals surface area contributed by atoms with E-state index in [1.54, 1.807) is 4.90 Å². The van der Waals surface area contributed by atoms with E-state index in [0.717, 1.165) is 42.9 Å². The van der Waals surface area contributed by atoms with Gasteiger partial charge in [-0.3, -0.25) is 9.59 Å². The molecule has 0 saturated carbocycles. The molecule has 3 rings (SSSR count). The predicted octanol–water partition coefficient (Wildman–Crippen LogP) is 0.810. The second kappa shape index (κ2) is 7.46. The third-order valence-corrected chi connectivity index (χ3v) is 7.32. The summed E-state index contributed by atoms with van der Waals surface area (Å²) in [5.74, 6) is -0.178. The van der Waals surface area contributed by atoms with Gasteiger partial charge in [0.15, 0.2) is 0 Å². The fourth-order valence-corrected chi connectivity index (χ4v) is 6.14. The molecule has 1 unspecified atom stereocenters. The van der Waals surface area contributed by atoms with Crippen molar-refractivity contribution in [2.75, 3.05) is 25.9 Å². The van der Waals surface area contributed by atoms with Crippen LogP contribution in [0.4, 0.5) is 0 Å². The Kier molecular flexibility index (Phi) is 5.63. The first-order valence-electron chi connectivity index (χ1n) is 9.75. The number of amides is 2. The molecule has 3 heterocycles. The number of hydrogen-bond acceptors (Lipinski definition) is 5. The fourth-order valence-electron chi connectivity index (χ4n) is 4.97. The van der Waals surface area contributed by atoms with Gasteiger partial charge in [-0.1, -0.05) is 13.8 Å². The molecule has 0 aromatic carbocycles. The van der Waals surface area contributed by atoms with Crippen molar-refractivity contribution in [2.45, 2.75) is 58.0 Å². The van der Waals surface area contributed by atoms with Crippen LogP contribution in [0.3, 0.4) is 0 Å². The number of nitrogens with one attached hydrogen (secondary N) is 1. The van der Waals surface area contributed by atoms with Crippen LogP contribution in [0.2, 0.25) is 0 Å². The number of likely N-dealkylation sites (tertiary alicyclic amines) is 1. The topological polar surface area (TPSA) is 86.8 Å². The summed E-state index contributed by atoms with van der Waals surface area (Å²) in [5.41, 5.74) is 0. The lowest BCUT2D eigenvalue weighted by atomic mass is 9.88. The van der Waals surface area contributed by atoms with E-state index >= 15 is 0 Å². The Bertz CT molecular complexity index is 657. The summed E-state index contributed by atoms with van der Waals surface area (Å²) in [4.78, 5) is 27.5. The lowest BCUT2D eigenvalue weighted by molar-refractivity contribution is -0.134. The molecule has 0 spiro atoms. The van der Waals surface area contributed by atoms with E-state index in [4.69, 9.17) is 0 Å². The highest BCUT2D eigenvalue weighted by atomic mass is 32.2. The number of rotatable bonds is 5. The van der Waals surface area contributed by atoms with Gasteiger partial charge in [0.05, 0.1) is 24.3 Å². The van der Waals surface area contributed by atoms with Crippen LogP contribution in [0.25, 0.3) is 0 Å². The molecule has 0 aromatic heterocycles. The van der Waals surface area contributed by atoms with Crippen LogP contribution in [-0.2, 0) is 19.6 Å². The minimum atomic E-state index is -3.61. The van der Waals surface area contributed by atoms with E-state index in [1.807, 2.05) is 13.8 Å². The van der Waals surface area contributed by atoms with Gasteiger partial charge in [0.1, 0.15) is 0 Å². The number of carbonyl (C=O) groups is 2. The van der Waals surface area contributed by atoms with Gasteiger partial charge in [0.25, 0.3) is 0 Å². The molecule has 3 aliphatic heterocycles. The molecular formula is C18H31N3O4S. The number of carbonyl (C=O) groups excluding carboxylic acids is 2. The van der Waals surface area contributed by atoms with Crippen molar-refractivity contribution in [1.29, 1.82) is 0 Å². The minimum Gasteiger partial charge on any atom is -0.337 e. The Hall–Kier alpha value is -1.15. The van der Waals surface area contributed by atoms with Gasteiger partial charge < -0.3 is 10.2 Å². The third kappa shape index (κ3) is 3.63. The average Bonchev–Trinajstić information content (AvgIpc) is 3.08. The standard InChI is InChI=1S/C18H31N3O4S/c1-12(2)16-17-14(21(18(16)23)26(3,24)25)8-10-20(17)15(22)7-6-13-5-4-9-19-11-13/h12-14,16-17,19H,4-11H2,1-3H3/t13?,14-,16+,17-/m0/s1. The highest BCUT2D eigenvalue weighted by Crippen LogP contribution is 2.41. The molecule has 8 heteroatoms. The van der Waals surface area contributed by atoms with E-state index in [0.29, 0.717) is 25.3 Å². The van der Waals surface area contributed by atoms with E-state index in [9.17, 15) is 18.0 Å². The predicted molar refractivity (Wildman–Crippen MR) is 98.8 cm³/mol. The summed E-state index contributed by atoms with van der Waals surface area (Å²) in [6, 6.07) is -0.709. The smallest absolute Gasteiger partial charge is 0.241 e. The first-order chi connectivity index (χ1) is 12.2. The normalized spacial score (nSPS) is 32.4.